The molecule has 3 heteroatoms. The van der Waals surface area contributed by atoms with Crippen molar-refractivity contribution in [3.63, 3.8) is 0 Å². The summed E-state index contributed by atoms with van der Waals surface area (Å²) in [5.74, 6) is 1.57. The molecule has 1 atom stereocenters. The summed E-state index contributed by atoms with van der Waals surface area (Å²) in [7, 11) is 0. The molecule has 2 nitrogen and oxygen atoms in total. The van der Waals surface area contributed by atoms with Crippen molar-refractivity contribution in [3.05, 3.63) is 23.4 Å². The molecule has 0 aliphatic rings. The second-order valence-corrected chi connectivity index (χ2v) is 3.69. The summed E-state index contributed by atoms with van der Waals surface area (Å²) in [5, 5.41) is 3.93. The molecule has 1 unspecified atom stereocenters. The summed E-state index contributed by atoms with van der Waals surface area (Å²) < 4.78 is 0. The van der Waals surface area contributed by atoms with E-state index >= 15 is 0 Å². The van der Waals surface area contributed by atoms with Gasteiger partial charge in [-0.1, -0.05) is 31.9 Å². The molecule has 1 rings (SSSR count). The molecule has 0 aliphatic heterocycles. The maximum absolute atomic E-state index is 5.71. The number of nitrogens with one attached hydrogen (secondary N) is 1. The fourth-order valence-electron chi connectivity index (χ4n) is 0.904. The molecule has 0 aromatic carbocycles. The van der Waals surface area contributed by atoms with Crippen molar-refractivity contribution in [2.75, 3.05) is 11.9 Å². The summed E-state index contributed by atoms with van der Waals surface area (Å²) >= 11 is 5.71. The van der Waals surface area contributed by atoms with Crippen molar-refractivity contribution >= 4 is 17.4 Å². The van der Waals surface area contributed by atoms with Crippen LogP contribution in [0.2, 0.25) is 5.02 Å². The number of pyridine rings is 1. The standard InChI is InChI=1S/C10H15ClN2/c1-3-8(2)6-12-10-5-4-9(11)7-13-10/h4-5,7-8H,3,6H2,1-2H3,(H,12,13). The van der Waals surface area contributed by atoms with Crippen LogP contribution in [-0.2, 0) is 0 Å². The highest BCUT2D eigenvalue weighted by molar-refractivity contribution is 6.30. The number of rotatable bonds is 4. The second kappa shape index (κ2) is 5.07. The van der Waals surface area contributed by atoms with Crippen molar-refractivity contribution in [2.45, 2.75) is 20.3 Å². The van der Waals surface area contributed by atoms with E-state index in [1.54, 1.807) is 6.20 Å². The first-order chi connectivity index (χ1) is 6.22. The zero-order chi connectivity index (χ0) is 9.68. The van der Waals surface area contributed by atoms with Crippen molar-refractivity contribution in [1.82, 2.24) is 4.98 Å². The molecule has 0 saturated carbocycles. The van der Waals surface area contributed by atoms with E-state index in [1.807, 2.05) is 12.1 Å². The minimum atomic E-state index is 0.675. The second-order valence-electron chi connectivity index (χ2n) is 3.26. The van der Waals surface area contributed by atoms with Crippen LogP contribution in [-0.4, -0.2) is 11.5 Å². The highest BCUT2D eigenvalue weighted by Crippen LogP contribution is 2.10. The van der Waals surface area contributed by atoms with E-state index in [1.165, 1.54) is 6.42 Å². The van der Waals surface area contributed by atoms with Crippen LogP contribution in [0, 0.1) is 5.92 Å². The molecular weight excluding hydrogens is 184 g/mol. The fourth-order valence-corrected chi connectivity index (χ4v) is 1.02. The quantitative estimate of drug-likeness (QED) is 0.804. The normalized spacial score (nSPS) is 12.5. The average Bonchev–Trinajstić information content (AvgIpc) is 2.16. The van der Waals surface area contributed by atoms with Crippen LogP contribution < -0.4 is 5.32 Å². The third-order valence-electron chi connectivity index (χ3n) is 2.06. The molecule has 0 saturated heterocycles. The summed E-state index contributed by atoms with van der Waals surface area (Å²) in [5.41, 5.74) is 0. The van der Waals surface area contributed by atoms with Crippen molar-refractivity contribution in [1.29, 1.82) is 0 Å². The minimum Gasteiger partial charge on any atom is -0.370 e. The number of hydrogen-bond acceptors (Lipinski definition) is 2. The van der Waals surface area contributed by atoms with Gasteiger partial charge in [-0.3, -0.25) is 0 Å². The number of aromatic nitrogens is 1. The van der Waals surface area contributed by atoms with Gasteiger partial charge < -0.3 is 5.32 Å². The Morgan fingerprint density at radius 3 is 2.85 bits per heavy atom. The lowest BCUT2D eigenvalue weighted by Gasteiger charge is -2.10. The van der Waals surface area contributed by atoms with Crippen LogP contribution >= 0.6 is 11.6 Å². The Labute approximate surface area is 84.3 Å². The maximum atomic E-state index is 5.71. The Morgan fingerprint density at radius 2 is 2.31 bits per heavy atom. The third kappa shape index (κ3) is 3.64. The molecule has 0 aliphatic carbocycles. The van der Waals surface area contributed by atoms with Gasteiger partial charge in [-0.05, 0) is 18.1 Å². The molecule has 0 radical (unpaired) electrons. The van der Waals surface area contributed by atoms with Gasteiger partial charge in [0.1, 0.15) is 5.82 Å². The highest BCUT2D eigenvalue weighted by atomic mass is 35.5. The first-order valence-electron chi connectivity index (χ1n) is 4.57. The molecule has 1 N–H and O–H groups in total. The lowest BCUT2D eigenvalue weighted by atomic mass is 10.1. The summed E-state index contributed by atoms with van der Waals surface area (Å²) in [6.07, 6.45) is 2.83. The van der Waals surface area contributed by atoms with Crippen molar-refractivity contribution in [3.8, 4) is 0 Å². The first-order valence-corrected chi connectivity index (χ1v) is 4.95. The summed E-state index contributed by atoms with van der Waals surface area (Å²) in [4.78, 5) is 4.14. The van der Waals surface area contributed by atoms with E-state index < -0.39 is 0 Å². The highest BCUT2D eigenvalue weighted by Gasteiger charge is 1.98. The van der Waals surface area contributed by atoms with E-state index in [9.17, 15) is 0 Å². The van der Waals surface area contributed by atoms with Gasteiger partial charge in [0.25, 0.3) is 0 Å². The predicted molar refractivity (Wildman–Crippen MR) is 57.2 cm³/mol. The van der Waals surface area contributed by atoms with E-state index in [-0.39, 0.29) is 0 Å². The number of halogens is 1. The van der Waals surface area contributed by atoms with E-state index in [2.05, 4.69) is 24.1 Å². The Bertz CT molecular complexity index is 246. The van der Waals surface area contributed by atoms with Gasteiger partial charge in [0.2, 0.25) is 0 Å². The molecule has 1 aromatic heterocycles. The zero-order valence-electron chi connectivity index (χ0n) is 8.05. The van der Waals surface area contributed by atoms with E-state index in [0.29, 0.717) is 10.9 Å². The SMILES string of the molecule is CCC(C)CNc1ccc(Cl)cn1. The Kier molecular flexibility index (Phi) is 4.03. The van der Waals surface area contributed by atoms with Crippen LogP contribution in [0.3, 0.4) is 0 Å². The topological polar surface area (TPSA) is 24.9 Å². The average molecular weight is 199 g/mol. The molecule has 0 bridgehead atoms. The van der Waals surface area contributed by atoms with Crippen LogP contribution in [0.1, 0.15) is 20.3 Å². The van der Waals surface area contributed by atoms with Crippen molar-refractivity contribution in [2.24, 2.45) is 5.92 Å². The summed E-state index contributed by atoms with van der Waals surface area (Å²) in [6, 6.07) is 3.73. The predicted octanol–water partition coefficient (Wildman–Crippen LogP) is 3.19. The molecule has 0 amide bonds. The molecule has 13 heavy (non-hydrogen) atoms. The van der Waals surface area contributed by atoms with Gasteiger partial charge in [0.05, 0.1) is 5.02 Å². The van der Waals surface area contributed by atoms with Gasteiger partial charge in [0, 0.05) is 12.7 Å². The van der Waals surface area contributed by atoms with Crippen LogP contribution in [0.5, 0.6) is 0 Å². The maximum Gasteiger partial charge on any atom is 0.125 e. The minimum absolute atomic E-state index is 0.675. The Balaban J connectivity index is 2.41. The van der Waals surface area contributed by atoms with Crippen LogP contribution in [0.25, 0.3) is 0 Å². The molecular formula is C10H15ClN2. The smallest absolute Gasteiger partial charge is 0.125 e. The van der Waals surface area contributed by atoms with Crippen molar-refractivity contribution < 1.29 is 0 Å². The summed E-state index contributed by atoms with van der Waals surface area (Å²) in [6.45, 7) is 5.36. The molecule has 1 aromatic rings. The molecule has 0 spiro atoms. The number of hydrogen-bond donors (Lipinski definition) is 1. The zero-order valence-corrected chi connectivity index (χ0v) is 8.80. The van der Waals surface area contributed by atoms with Gasteiger partial charge in [-0.25, -0.2) is 4.98 Å². The van der Waals surface area contributed by atoms with Gasteiger partial charge in [0.15, 0.2) is 0 Å². The number of nitrogens with zero attached hydrogens (tertiary/aromatic N) is 1. The molecule has 0 fully saturated rings. The fraction of sp³-hybridized carbons (Fsp3) is 0.500. The van der Waals surface area contributed by atoms with Crippen LogP contribution in [0.15, 0.2) is 18.3 Å². The molecule has 1 heterocycles. The number of anilines is 1. The Morgan fingerprint density at radius 1 is 1.54 bits per heavy atom. The lowest BCUT2D eigenvalue weighted by Crippen LogP contribution is -2.10. The van der Waals surface area contributed by atoms with Gasteiger partial charge in [-0.15, -0.1) is 0 Å². The largest absolute Gasteiger partial charge is 0.370 e. The Hall–Kier alpha value is -0.760. The monoisotopic (exact) mass is 198 g/mol. The van der Waals surface area contributed by atoms with E-state index in [4.69, 9.17) is 11.6 Å². The van der Waals surface area contributed by atoms with Crippen LogP contribution in [0.4, 0.5) is 5.82 Å². The lowest BCUT2D eigenvalue weighted by molar-refractivity contribution is 0.592. The van der Waals surface area contributed by atoms with E-state index in [0.717, 1.165) is 12.4 Å². The third-order valence-corrected chi connectivity index (χ3v) is 2.28. The molecule has 72 valence electrons. The van der Waals surface area contributed by atoms with Gasteiger partial charge in [-0.2, -0.15) is 0 Å². The van der Waals surface area contributed by atoms with Gasteiger partial charge >= 0.3 is 0 Å². The first kappa shape index (κ1) is 10.3.